The van der Waals surface area contributed by atoms with Crippen LogP contribution in [-0.2, 0) is 13.0 Å². The van der Waals surface area contributed by atoms with E-state index in [0.717, 1.165) is 12.1 Å². The van der Waals surface area contributed by atoms with Crippen molar-refractivity contribution in [1.82, 2.24) is 34.3 Å². The number of fused-ring (bicyclic) bond motifs is 3. The van der Waals surface area contributed by atoms with Gasteiger partial charge in [-0.2, -0.15) is 9.61 Å². The van der Waals surface area contributed by atoms with E-state index in [0.29, 0.717) is 30.7 Å². The maximum absolute atomic E-state index is 14.1. The van der Waals surface area contributed by atoms with E-state index >= 15 is 0 Å². The third-order valence-electron chi connectivity index (χ3n) is 5.80. The van der Waals surface area contributed by atoms with Crippen LogP contribution in [0, 0.1) is 24.5 Å². The molecule has 0 saturated heterocycles. The van der Waals surface area contributed by atoms with Crippen LogP contribution in [0.3, 0.4) is 0 Å². The molecule has 4 aromatic rings. The van der Waals surface area contributed by atoms with E-state index in [1.54, 1.807) is 36.7 Å². The van der Waals surface area contributed by atoms with Crippen molar-refractivity contribution >= 4 is 28.4 Å². The first-order valence-electron chi connectivity index (χ1n) is 11.6. The smallest absolute Gasteiger partial charge is 0.257 e. The van der Waals surface area contributed by atoms with Crippen LogP contribution in [-0.4, -0.2) is 64.0 Å². The second-order valence-electron chi connectivity index (χ2n) is 9.41. The molecule has 0 spiro atoms. The largest absolute Gasteiger partial charge is 0.389 e. The number of halogens is 2. The Hall–Kier alpha value is -4.11. The van der Waals surface area contributed by atoms with Crippen molar-refractivity contribution in [2.24, 2.45) is 0 Å². The predicted molar refractivity (Wildman–Crippen MR) is 136 cm³/mol. The van der Waals surface area contributed by atoms with Gasteiger partial charge in [0.25, 0.3) is 5.91 Å². The lowest BCUT2D eigenvalue weighted by Crippen LogP contribution is -2.35. The van der Waals surface area contributed by atoms with Crippen molar-refractivity contribution in [3.63, 3.8) is 0 Å². The molecule has 3 N–H and O–H groups in total. The number of nitrogens with two attached hydrogens (primary N) is 1. The molecule has 0 radical (unpaired) electrons. The van der Waals surface area contributed by atoms with Crippen molar-refractivity contribution in [3.8, 4) is 12.8 Å². The van der Waals surface area contributed by atoms with E-state index in [1.165, 1.54) is 10.7 Å². The highest BCUT2D eigenvalue weighted by atomic mass is 19.1. The van der Waals surface area contributed by atoms with Gasteiger partial charge in [-0.15, -0.1) is 17.9 Å². The number of nitrogens with zero attached hydrogens (tertiary/aromatic N) is 7. The van der Waals surface area contributed by atoms with Gasteiger partial charge in [0, 0.05) is 31.8 Å². The quantitative estimate of drug-likeness (QED) is 0.348. The number of carbonyl (C=O) groups excluding carboxylic acids is 1. The molecule has 196 valence electrons. The highest BCUT2D eigenvalue weighted by Crippen LogP contribution is 2.24. The summed E-state index contributed by atoms with van der Waals surface area (Å²) in [6.45, 7) is 5.57. The normalized spacial score (nSPS) is 12.4. The van der Waals surface area contributed by atoms with Gasteiger partial charge in [0.1, 0.15) is 11.3 Å². The lowest BCUT2D eigenvalue weighted by Gasteiger charge is -2.24. The fraction of sp³-hybridized carbons (Fsp3) is 0.400. The van der Waals surface area contributed by atoms with Crippen LogP contribution in [0.25, 0.3) is 16.6 Å². The van der Waals surface area contributed by atoms with Crippen molar-refractivity contribution in [1.29, 1.82) is 0 Å². The molecule has 1 aromatic carbocycles. The molecule has 3 heterocycles. The number of aromatic nitrogens is 6. The second kappa shape index (κ2) is 10.9. The number of hydrogen-bond donors (Lipinski definition) is 2. The van der Waals surface area contributed by atoms with E-state index in [4.69, 9.17) is 5.73 Å². The molecule has 1 atom stereocenters. The van der Waals surface area contributed by atoms with Crippen LogP contribution in [0.2, 0.25) is 0 Å². The van der Waals surface area contributed by atoms with Gasteiger partial charge in [-0.25, -0.2) is 18.7 Å². The first-order valence-corrected chi connectivity index (χ1v) is 11.6. The van der Waals surface area contributed by atoms with E-state index in [9.17, 15) is 18.7 Å². The number of rotatable bonds is 8. The summed E-state index contributed by atoms with van der Waals surface area (Å²) in [6, 6.07) is 1.83. The van der Waals surface area contributed by atoms with Crippen molar-refractivity contribution in [3.05, 3.63) is 47.5 Å². The fourth-order valence-corrected chi connectivity index (χ4v) is 3.92. The summed E-state index contributed by atoms with van der Waals surface area (Å²) in [4.78, 5) is 22.9. The lowest BCUT2D eigenvalue weighted by molar-refractivity contribution is 0.0575. The highest BCUT2D eigenvalue weighted by Gasteiger charge is 2.21. The number of hydrogen-bond acceptors (Lipinski definition) is 7. The molecule has 0 aliphatic rings. The lowest BCUT2D eigenvalue weighted by atomic mass is 10.1. The Labute approximate surface area is 213 Å². The summed E-state index contributed by atoms with van der Waals surface area (Å²) in [6.07, 6.45) is 12.9. The maximum atomic E-state index is 14.1. The zero-order valence-corrected chi connectivity index (χ0v) is 21.2. The predicted octanol–water partition coefficient (Wildman–Crippen LogP) is 2.84. The molecule has 12 heteroatoms. The topological polar surface area (TPSA) is 127 Å². The number of carbonyl (C=O) groups is 1. The molecule has 4 rings (SSSR count). The maximum Gasteiger partial charge on any atom is 0.257 e. The number of nitrogen functional groups attached to an aromatic ring is 1. The van der Waals surface area contributed by atoms with Gasteiger partial charge in [-0.05, 0) is 39.7 Å². The van der Waals surface area contributed by atoms with Gasteiger partial charge in [0.05, 0.1) is 29.3 Å². The van der Waals surface area contributed by atoms with Gasteiger partial charge in [0.15, 0.2) is 17.3 Å². The number of aliphatic hydroxyl groups is 1. The molecule has 1 amide bonds. The Morgan fingerprint density at radius 2 is 1.97 bits per heavy atom. The van der Waals surface area contributed by atoms with Gasteiger partial charge < -0.3 is 15.7 Å². The zero-order chi connectivity index (χ0) is 27.5. The minimum atomic E-state index is -0.938. The van der Waals surface area contributed by atoms with Crippen LogP contribution >= 0.6 is 0 Å². The molecule has 0 fully saturated rings. The molecular formula is C25H30F2N8O2. The van der Waals surface area contributed by atoms with Crippen LogP contribution in [0.4, 0.5) is 14.7 Å². The van der Waals surface area contributed by atoms with E-state index < -0.39 is 17.2 Å². The van der Waals surface area contributed by atoms with E-state index in [1.807, 2.05) is 6.92 Å². The average molecular weight is 513 g/mol. The summed E-state index contributed by atoms with van der Waals surface area (Å²) in [5.74, 6) is -1.30. The van der Waals surface area contributed by atoms with Gasteiger partial charge in [0.2, 0.25) is 5.95 Å². The minimum Gasteiger partial charge on any atom is -0.389 e. The number of benzene rings is 1. The summed E-state index contributed by atoms with van der Waals surface area (Å²) in [7, 11) is 1.73. The first kappa shape index (κ1) is 27.5. The summed E-state index contributed by atoms with van der Waals surface area (Å²) >= 11 is 0. The third kappa shape index (κ3) is 6.18. The molecule has 0 aliphatic carbocycles. The number of amides is 1. The molecule has 37 heavy (non-hydrogen) atoms. The van der Waals surface area contributed by atoms with E-state index in [2.05, 4.69) is 33.0 Å². The van der Waals surface area contributed by atoms with Crippen molar-refractivity contribution in [2.45, 2.75) is 58.2 Å². The third-order valence-corrected chi connectivity index (χ3v) is 5.80. The Bertz CT molecular complexity index is 1440. The number of anilines is 1. The minimum absolute atomic E-state index is 0.0411. The standard InChI is InChI=1S/C23H28F2N8O2.C2H2/c1-13(31(4)21(34)14-10-27-32(11-14)12-23(2,3)35)6-5-7-18-28-20-16-8-15(24)9-17(25)19(16)29-22(26)33(20)30-18;1-2/h8-11,13,35H,5-7,12H2,1-4H3,(H2,26,29);1-2H/t13-;/m0./s1. The Morgan fingerprint density at radius 1 is 1.27 bits per heavy atom. The number of aryl methyl sites for hydroxylation is 1. The monoisotopic (exact) mass is 512 g/mol. The molecule has 0 bridgehead atoms. The van der Waals surface area contributed by atoms with Crippen LogP contribution in [0.5, 0.6) is 0 Å². The van der Waals surface area contributed by atoms with Gasteiger partial charge in [-0.1, -0.05) is 0 Å². The average Bonchev–Trinajstić information content (AvgIpc) is 3.47. The molecule has 10 nitrogen and oxygen atoms in total. The summed E-state index contributed by atoms with van der Waals surface area (Å²) in [5, 5.41) is 18.6. The first-order chi connectivity index (χ1) is 17.4. The van der Waals surface area contributed by atoms with Crippen molar-refractivity contribution < 1.29 is 18.7 Å². The molecular weight excluding hydrogens is 482 g/mol. The van der Waals surface area contributed by atoms with E-state index in [-0.39, 0.29) is 41.0 Å². The SMILES string of the molecule is C#C.C[C@@H](CCCc1nc2c3cc(F)cc(F)c3nc(N)n2n1)N(C)C(=O)c1cnn(CC(C)(C)O)c1. The van der Waals surface area contributed by atoms with Gasteiger partial charge in [-0.3, -0.25) is 9.48 Å². The Kier molecular flexibility index (Phi) is 8.08. The summed E-state index contributed by atoms with van der Waals surface area (Å²) in [5.41, 5.74) is 5.59. The Balaban J connectivity index is 0.00000186. The van der Waals surface area contributed by atoms with Crippen LogP contribution in [0.1, 0.15) is 49.8 Å². The fourth-order valence-electron chi connectivity index (χ4n) is 3.92. The number of terminal acetylenes is 1. The molecule has 0 saturated carbocycles. The highest BCUT2D eigenvalue weighted by molar-refractivity contribution is 5.94. The molecule has 0 aliphatic heterocycles. The second-order valence-corrected chi connectivity index (χ2v) is 9.41. The van der Waals surface area contributed by atoms with Crippen LogP contribution < -0.4 is 5.73 Å². The zero-order valence-electron chi connectivity index (χ0n) is 21.2. The van der Waals surface area contributed by atoms with Crippen molar-refractivity contribution in [2.75, 3.05) is 12.8 Å². The molecule has 0 unspecified atom stereocenters. The Morgan fingerprint density at radius 3 is 2.65 bits per heavy atom. The van der Waals surface area contributed by atoms with Gasteiger partial charge >= 0.3 is 0 Å². The van der Waals surface area contributed by atoms with Crippen LogP contribution in [0.15, 0.2) is 24.5 Å². The molecule has 3 aromatic heterocycles. The summed E-state index contributed by atoms with van der Waals surface area (Å²) < 4.78 is 30.7.